The highest BCUT2D eigenvalue weighted by atomic mass is 16.5. The molecular weight excluding hydrogens is 386 g/mol. The van der Waals surface area contributed by atoms with Crippen molar-refractivity contribution in [3.05, 3.63) is 70.3 Å². The van der Waals surface area contributed by atoms with Gasteiger partial charge in [-0.25, -0.2) is 4.98 Å². The minimum absolute atomic E-state index is 0.00260. The van der Waals surface area contributed by atoms with Crippen LogP contribution in [0.1, 0.15) is 24.7 Å². The Bertz CT molecular complexity index is 1090. The minimum atomic E-state index is -0.931. The highest BCUT2D eigenvalue weighted by molar-refractivity contribution is 5.83. The van der Waals surface area contributed by atoms with E-state index in [0.717, 1.165) is 11.3 Å². The number of methoxy groups -OCH3 is 1. The van der Waals surface area contributed by atoms with Crippen molar-refractivity contribution in [2.24, 2.45) is 0 Å². The van der Waals surface area contributed by atoms with Crippen LogP contribution in [0.3, 0.4) is 0 Å². The largest absolute Gasteiger partial charge is 0.497 e. The molecule has 8 heteroatoms. The van der Waals surface area contributed by atoms with Crippen molar-refractivity contribution in [1.82, 2.24) is 15.3 Å². The van der Waals surface area contributed by atoms with Crippen LogP contribution in [-0.2, 0) is 27.3 Å². The number of rotatable bonds is 8. The molecule has 156 valence electrons. The lowest BCUT2D eigenvalue weighted by Gasteiger charge is -2.13. The first-order valence-corrected chi connectivity index (χ1v) is 9.54. The molecule has 1 aromatic heterocycles. The number of carbonyl (C=O) groups excluding carboxylic acids is 2. The number of ether oxygens (including phenoxy) is 2. The van der Waals surface area contributed by atoms with Crippen LogP contribution in [0.4, 0.5) is 0 Å². The van der Waals surface area contributed by atoms with Crippen molar-refractivity contribution in [2.45, 2.75) is 32.4 Å². The fraction of sp³-hybridized carbons (Fsp3) is 0.273. The molecule has 3 rings (SSSR count). The first-order chi connectivity index (χ1) is 14.5. The van der Waals surface area contributed by atoms with Gasteiger partial charge in [-0.15, -0.1) is 0 Å². The van der Waals surface area contributed by atoms with Gasteiger partial charge in [-0.05, 0) is 36.8 Å². The van der Waals surface area contributed by atoms with Gasteiger partial charge < -0.3 is 19.8 Å². The first-order valence-electron chi connectivity index (χ1n) is 9.54. The number of aryl methyl sites for hydroxylation is 1. The van der Waals surface area contributed by atoms with E-state index in [1.807, 2.05) is 12.1 Å². The van der Waals surface area contributed by atoms with Crippen LogP contribution in [0.25, 0.3) is 10.9 Å². The number of hydrogen-bond acceptors (Lipinski definition) is 6. The number of nitrogens with one attached hydrogen (secondary N) is 2. The smallest absolute Gasteiger partial charge is 0.307 e. The summed E-state index contributed by atoms with van der Waals surface area (Å²) in [6.07, 6.45) is -0.726. The number of nitrogens with zero attached hydrogens (tertiary/aromatic N) is 1. The Kier molecular flexibility index (Phi) is 6.79. The predicted octanol–water partition coefficient (Wildman–Crippen LogP) is 2.11. The molecule has 0 saturated carbocycles. The molecule has 0 aliphatic rings. The number of H-pyrrole nitrogens is 1. The molecule has 0 aliphatic heterocycles. The lowest BCUT2D eigenvalue weighted by Crippen LogP contribution is -2.35. The Balaban J connectivity index is 1.47. The molecule has 0 unspecified atom stereocenters. The second-order valence-electron chi connectivity index (χ2n) is 6.73. The molecule has 0 spiro atoms. The molecule has 0 bridgehead atoms. The number of amides is 1. The van der Waals surface area contributed by atoms with Crippen LogP contribution < -0.4 is 15.6 Å². The van der Waals surface area contributed by atoms with E-state index < -0.39 is 18.0 Å². The normalized spacial score (nSPS) is 11.7. The van der Waals surface area contributed by atoms with Gasteiger partial charge in [0, 0.05) is 13.0 Å². The number of aromatic nitrogens is 2. The average Bonchev–Trinajstić information content (AvgIpc) is 2.76. The van der Waals surface area contributed by atoms with Crippen LogP contribution in [0.15, 0.2) is 53.3 Å². The summed E-state index contributed by atoms with van der Waals surface area (Å²) in [5.41, 5.74) is 1.21. The predicted molar refractivity (Wildman–Crippen MR) is 111 cm³/mol. The van der Waals surface area contributed by atoms with Crippen molar-refractivity contribution in [3.63, 3.8) is 0 Å². The van der Waals surface area contributed by atoms with E-state index in [4.69, 9.17) is 9.47 Å². The molecular formula is C22H23N3O5. The maximum absolute atomic E-state index is 12.2. The Hall–Kier alpha value is -3.68. The van der Waals surface area contributed by atoms with E-state index in [1.165, 1.54) is 6.92 Å². The summed E-state index contributed by atoms with van der Waals surface area (Å²) in [5, 5.41) is 3.22. The number of aromatic amines is 1. The van der Waals surface area contributed by atoms with E-state index in [0.29, 0.717) is 23.3 Å². The fourth-order valence-corrected chi connectivity index (χ4v) is 2.86. The van der Waals surface area contributed by atoms with Crippen molar-refractivity contribution < 1.29 is 19.1 Å². The average molecular weight is 409 g/mol. The van der Waals surface area contributed by atoms with Gasteiger partial charge in [0.05, 0.1) is 24.4 Å². The first kappa shape index (κ1) is 21.0. The Morgan fingerprint density at radius 2 is 1.87 bits per heavy atom. The van der Waals surface area contributed by atoms with Gasteiger partial charge in [-0.1, -0.05) is 24.3 Å². The molecule has 0 radical (unpaired) electrons. The van der Waals surface area contributed by atoms with Crippen LogP contribution in [0.5, 0.6) is 5.75 Å². The van der Waals surface area contributed by atoms with Crippen LogP contribution in [0, 0.1) is 0 Å². The van der Waals surface area contributed by atoms with Gasteiger partial charge >= 0.3 is 5.97 Å². The van der Waals surface area contributed by atoms with Gasteiger partial charge in [-0.3, -0.25) is 14.4 Å². The van der Waals surface area contributed by atoms with Crippen LogP contribution in [-0.4, -0.2) is 35.1 Å². The van der Waals surface area contributed by atoms with E-state index >= 15 is 0 Å². The third kappa shape index (κ3) is 5.44. The molecule has 0 fully saturated rings. The number of esters is 1. The van der Waals surface area contributed by atoms with Gasteiger partial charge in [0.1, 0.15) is 11.6 Å². The lowest BCUT2D eigenvalue weighted by atomic mass is 10.2. The van der Waals surface area contributed by atoms with Crippen molar-refractivity contribution >= 4 is 22.8 Å². The number of fused-ring (bicyclic) bond motifs is 1. The second-order valence-corrected chi connectivity index (χ2v) is 6.73. The summed E-state index contributed by atoms with van der Waals surface area (Å²) < 4.78 is 10.3. The number of hydrogen-bond donors (Lipinski definition) is 2. The summed E-state index contributed by atoms with van der Waals surface area (Å²) in [4.78, 5) is 43.3. The van der Waals surface area contributed by atoms with Gasteiger partial charge in [0.15, 0.2) is 6.10 Å². The maximum Gasteiger partial charge on any atom is 0.307 e. The standard InChI is InChI=1S/C22H23N3O5/c1-14(21(27)23-13-15-7-9-16(29-2)10-8-15)30-20(26)12-11-19-24-18-6-4-3-5-17(18)22(28)25-19/h3-10,14H,11-13H2,1-2H3,(H,23,27)(H,24,25,28)/t14-/m0/s1. The highest BCUT2D eigenvalue weighted by Gasteiger charge is 2.18. The maximum atomic E-state index is 12.2. The fourth-order valence-electron chi connectivity index (χ4n) is 2.86. The van der Waals surface area contributed by atoms with Gasteiger partial charge in [0.25, 0.3) is 11.5 Å². The molecule has 0 saturated heterocycles. The van der Waals surface area contributed by atoms with Crippen LogP contribution in [0.2, 0.25) is 0 Å². The SMILES string of the molecule is COc1ccc(CNC(=O)[C@H](C)OC(=O)CCc2nc3ccccc3c(=O)[nH]2)cc1. The topological polar surface area (TPSA) is 110 Å². The molecule has 30 heavy (non-hydrogen) atoms. The highest BCUT2D eigenvalue weighted by Crippen LogP contribution is 2.11. The third-order valence-corrected chi connectivity index (χ3v) is 4.53. The molecule has 8 nitrogen and oxygen atoms in total. The van der Waals surface area contributed by atoms with Gasteiger partial charge in [0.2, 0.25) is 0 Å². The Morgan fingerprint density at radius 3 is 2.60 bits per heavy atom. The third-order valence-electron chi connectivity index (χ3n) is 4.53. The molecule has 1 atom stereocenters. The monoisotopic (exact) mass is 409 g/mol. The number of para-hydroxylation sites is 1. The van der Waals surface area contributed by atoms with E-state index in [9.17, 15) is 14.4 Å². The zero-order valence-corrected chi connectivity index (χ0v) is 16.8. The summed E-state index contributed by atoms with van der Waals surface area (Å²) in [6.45, 7) is 1.82. The minimum Gasteiger partial charge on any atom is -0.497 e. The van der Waals surface area contributed by atoms with Crippen LogP contribution >= 0.6 is 0 Å². The number of benzene rings is 2. The van der Waals surface area contributed by atoms with E-state index in [1.54, 1.807) is 43.5 Å². The van der Waals surface area contributed by atoms with E-state index in [2.05, 4.69) is 15.3 Å². The summed E-state index contributed by atoms with van der Waals surface area (Å²) in [7, 11) is 1.58. The molecule has 1 amide bonds. The number of carbonyl (C=O) groups is 2. The summed E-state index contributed by atoms with van der Waals surface area (Å²) in [6, 6.07) is 14.3. The Morgan fingerprint density at radius 1 is 1.13 bits per heavy atom. The molecule has 1 heterocycles. The van der Waals surface area contributed by atoms with Crippen molar-refractivity contribution in [1.29, 1.82) is 0 Å². The summed E-state index contributed by atoms with van der Waals surface area (Å²) in [5.74, 6) is 0.191. The zero-order chi connectivity index (χ0) is 21.5. The van der Waals surface area contributed by atoms with Gasteiger partial charge in [-0.2, -0.15) is 0 Å². The second kappa shape index (κ2) is 9.69. The molecule has 2 N–H and O–H groups in total. The van der Waals surface area contributed by atoms with Crippen molar-refractivity contribution in [2.75, 3.05) is 7.11 Å². The molecule has 2 aromatic carbocycles. The zero-order valence-electron chi connectivity index (χ0n) is 16.8. The quantitative estimate of drug-likeness (QED) is 0.552. The molecule has 3 aromatic rings. The molecule has 0 aliphatic carbocycles. The van der Waals surface area contributed by atoms with Crippen molar-refractivity contribution in [3.8, 4) is 5.75 Å². The lowest BCUT2D eigenvalue weighted by molar-refractivity contribution is -0.154. The summed E-state index contributed by atoms with van der Waals surface area (Å²) >= 11 is 0. The van der Waals surface area contributed by atoms with E-state index in [-0.39, 0.29) is 18.4 Å². The Labute approximate surface area is 173 Å².